The maximum absolute atomic E-state index is 5.83. The molecular weight excluding hydrogens is 292 g/mol. The first kappa shape index (κ1) is 16.6. The lowest BCUT2D eigenvalue weighted by Crippen LogP contribution is -2.37. The fourth-order valence-corrected chi connectivity index (χ4v) is 3.38. The van der Waals surface area contributed by atoms with Gasteiger partial charge in [-0.05, 0) is 18.3 Å². The van der Waals surface area contributed by atoms with E-state index in [9.17, 15) is 0 Å². The molecule has 0 aromatic carbocycles. The van der Waals surface area contributed by atoms with Crippen molar-refractivity contribution in [2.24, 2.45) is 11.8 Å². The van der Waals surface area contributed by atoms with E-state index >= 15 is 0 Å². The van der Waals surface area contributed by atoms with Gasteiger partial charge in [0.25, 0.3) is 0 Å². The van der Waals surface area contributed by atoms with E-state index in [-0.39, 0.29) is 0 Å². The van der Waals surface area contributed by atoms with Crippen LogP contribution in [0, 0.1) is 11.8 Å². The molecule has 3 heterocycles. The van der Waals surface area contributed by atoms with E-state index in [2.05, 4.69) is 34.0 Å². The number of nitrogens with zero attached hydrogens (tertiary/aromatic N) is 3. The van der Waals surface area contributed by atoms with Crippen molar-refractivity contribution in [3.63, 3.8) is 0 Å². The number of ether oxygens (including phenoxy) is 2. The Morgan fingerprint density at radius 3 is 2.65 bits per heavy atom. The Labute approximate surface area is 138 Å². The minimum Gasteiger partial charge on any atom is -0.378 e. The number of hydrogen-bond acceptors (Lipinski definition) is 6. The van der Waals surface area contributed by atoms with Crippen molar-refractivity contribution in [1.82, 2.24) is 15.3 Å². The monoisotopic (exact) mass is 320 g/mol. The third-order valence-electron chi connectivity index (χ3n) is 4.64. The zero-order chi connectivity index (χ0) is 16.1. The van der Waals surface area contributed by atoms with Gasteiger partial charge < -0.3 is 19.7 Å². The van der Waals surface area contributed by atoms with Crippen LogP contribution >= 0.6 is 0 Å². The molecule has 0 spiro atoms. The van der Waals surface area contributed by atoms with Gasteiger partial charge in [0, 0.05) is 50.7 Å². The van der Waals surface area contributed by atoms with Gasteiger partial charge in [-0.2, -0.15) is 0 Å². The third-order valence-corrected chi connectivity index (χ3v) is 4.64. The second kappa shape index (κ2) is 8.04. The lowest BCUT2D eigenvalue weighted by Gasteiger charge is -2.26. The molecule has 2 atom stereocenters. The Morgan fingerprint density at radius 1 is 1.22 bits per heavy atom. The van der Waals surface area contributed by atoms with Gasteiger partial charge >= 0.3 is 0 Å². The van der Waals surface area contributed by atoms with E-state index in [0.29, 0.717) is 17.9 Å². The van der Waals surface area contributed by atoms with Crippen LogP contribution in [-0.4, -0.2) is 55.5 Å². The minimum absolute atomic E-state index is 0.391. The molecule has 6 nitrogen and oxygen atoms in total. The van der Waals surface area contributed by atoms with Crippen molar-refractivity contribution in [2.75, 3.05) is 44.4 Å². The van der Waals surface area contributed by atoms with Gasteiger partial charge in [-0.1, -0.05) is 13.8 Å². The highest BCUT2D eigenvalue weighted by Gasteiger charge is 2.30. The maximum atomic E-state index is 5.83. The molecule has 0 radical (unpaired) electrons. The minimum atomic E-state index is 0.391. The van der Waals surface area contributed by atoms with Crippen molar-refractivity contribution < 1.29 is 9.47 Å². The first-order valence-electron chi connectivity index (χ1n) is 8.70. The molecular formula is C17H28N4O2. The summed E-state index contributed by atoms with van der Waals surface area (Å²) in [6.07, 6.45) is 5.40. The molecule has 3 rings (SSSR count). The highest BCUT2D eigenvalue weighted by molar-refractivity contribution is 5.30. The summed E-state index contributed by atoms with van der Waals surface area (Å²) in [6, 6.07) is 0. The lowest BCUT2D eigenvalue weighted by atomic mass is 9.93. The zero-order valence-electron chi connectivity index (χ0n) is 14.2. The number of hydrogen-bond donors (Lipinski definition) is 1. The molecule has 0 unspecified atom stereocenters. The Bertz CT molecular complexity index is 474. The van der Waals surface area contributed by atoms with E-state index in [0.717, 1.165) is 63.9 Å². The second-order valence-corrected chi connectivity index (χ2v) is 6.75. The Morgan fingerprint density at radius 2 is 1.96 bits per heavy atom. The molecule has 0 saturated carbocycles. The normalized spacial score (nSPS) is 25.3. The van der Waals surface area contributed by atoms with Crippen molar-refractivity contribution >= 4 is 5.95 Å². The number of anilines is 1. The van der Waals surface area contributed by atoms with Crippen molar-refractivity contribution in [2.45, 2.75) is 32.9 Å². The number of morpholine rings is 1. The van der Waals surface area contributed by atoms with Crippen molar-refractivity contribution in [3.8, 4) is 0 Å². The topological polar surface area (TPSA) is 59.5 Å². The fraction of sp³-hybridized carbons (Fsp3) is 0.765. The maximum Gasteiger partial charge on any atom is 0.225 e. The average molecular weight is 320 g/mol. The predicted molar refractivity (Wildman–Crippen MR) is 89.5 cm³/mol. The Kier molecular flexibility index (Phi) is 5.80. The third kappa shape index (κ3) is 4.40. The lowest BCUT2D eigenvalue weighted by molar-refractivity contribution is 0.0539. The van der Waals surface area contributed by atoms with Gasteiger partial charge in [-0.25, -0.2) is 9.97 Å². The summed E-state index contributed by atoms with van der Waals surface area (Å²) in [7, 11) is 0. The van der Waals surface area contributed by atoms with Gasteiger partial charge in [0.15, 0.2) is 0 Å². The van der Waals surface area contributed by atoms with Gasteiger partial charge in [0.1, 0.15) is 0 Å². The quantitative estimate of drug-likeness (QED) is 0.856. The molecule has 2 aliphatic rings. The van der Waals surface area contributed by atoms with Gasteiger partial charge in [0.2, 0.25) is 5.95 Å². The van der Waals surface area contributed by atoms with Crippen LogP contribution in [0.3, 0.4) is 0 Å². The smallest absolute Gasteiger partial charge is 0.225 e. The molecule has 2 saturated heterocycles. The van der Waals surface area contributed by atoms with Gasteiger partial charge in [-0.3, -0.25) is 0 Å². The molecule has 0 bridgehead atoms. The fourth-order valence-electron chi connectivity index (χ4n) is 3.38. The van der Waals surface area contributed by atoms with E-state index in [1.165, 1.54) is 0 Å². The summed E-state index contributed by atoms with van der Waals surface area (Å²) in [6.45, 7) is 10.4. The Hall–Kier alpha value is -1.24. The second-order valence-electron chi connectivity index (χ2n) is 6.75. The summed E-state index contributed by atoms with van der Waals surface area (Å²) >= 11 is 0. The van der Waals surface area contributed by atoms with E-state index < -0.39 is 0 Å². The summed E-state index contributed by atoms with van der Waals surface area (Å²) < 4.78 is 11.2. The van der Waals surface area contributed by atoms with Crippen LogP contribution in [0.5, 0.6) is 0 Å². The summed E-state index contributed by atoms with van der Waals surface area (Å²) in [5.41, 5.74) is 1.13. The first-order valence-corrected chi connectivity index (χ1v) is 8.70. The van der Waals surface area contributed by atoms with Crippen LogP contribution in [0.25, 0.3) is 0 Å². The highest BCUT2D eigenvalue weighted by atomic mass is 16.5. The van der Waals surface area contributed by atoms with Crippen LogP contribution < -0.4 is 10.2 Å². The highest BCUT2D eigenvalue weighted by Crippen LogP contribution is 2.26. The molecule has 1 aromatic heterocycles. The standard InChI is InChI=1S/C17H28N4O2/c1-13(2)16-15(3-6-23-16)12-18-9-14-10-19-17(20-11-14)21-4-7-22-8-5-21/h10-11,13,15-16,18H,3-9,12H2,1-2H3/t15-,16-/m1/s1. The number of nitrogens with one attached hydrogen (secondary N) is 1. The van der Waals surface area contributed by atoms with Crippen LogP contribution in [0.1, 0.15) is 25.8 Å². The van der Waals surface area contributed by atoms with Crippen molar-refractivity contribution in [1.29, 1.82) is 0 Å². The Balaban J connectivity index is 1.45. The van der Waals surface area contributed by atoms with Crippen LogP contribution in [0.15, 0.2) is 12.4 Å². The van der Waals surface area contributed by atoms with E-state index in [1.54, 1.807) is 0 Å². The molecule has 2 aliphatic heterocycles. The van der Waals surface area contributed by atoms with Gasteiger partial charge in [0.05, 0.1) is 19.3 Å². The molecule has 1 aromatic rings. The molecule has 2 fully saturated rings. The first-order chi connectivity index (χ1) is 11.2. The zero-order valence-corrected chi connectivity index (χ0v) is 14.2. The molecule has 6 heteroatoms. The largest absolute Gasteiger partial charge is 0.378 e. The van der Waals surface area contributed by atoms with Crippen LogP contribution in [-0.2, 0) is 16.0 Å². The predicted octanol–water partition coefficient (Wildman–Crippen LogP) is 1.46. The molecule has 1 N–H and O–H groups in total. The summed E-state index contributed by atoms with van der Waals surface area (Å²) in [4.78, 5) is 11.2. The summed E-state index contributed by atoms with van der Waals surface area (Å²) in [5.74, 6) is 2.00. The number of rotatable bonds is 6. The van der Waals surface area contributed by atoms with E-state index in [1.807, 2.05) is 12.4 Å². The molecule has 23 heavy (non-hydrogen) atoms. The van der Waals surface area contributed by atoms with Crippen LogP contribution in [0.4, 0.5) is 5.95 Å². The molecule has 0 aliphatic carbocycles. The summed E-state index contributed by atoms with van der Waals surface area (Å²) in [5, 5.41) is 3.53. The van der Waals surface area contributed by atoms with Gasteiger partial charge in [-0.15, -0.1) is 0 Å². The van der Waals surface area contributed by atoms with E-state index in [4.69, 9.17) is 9.47 Å². The average Bonchev–Trinajstić information content (AvgIpc) is 3.05. The SMILES string of the molecule is CC(C)[C@H]1OCC[C@@H]1CNCc1cnc(N2CCOCC2)nc1. The molecule has 0 amide bonds. The van der Waals surface area contributed by atoms with Crippen LogP contribution in [0.2, 0.25) is 0 Å². The molecule has 128 valence electrons. The number of aromatic nitrogens is 2. The van der Waals surface area contributed by atoms with Crippen molar-refractivity contribution in [3.05, 3.63) is 18.0 Å².